The number of aliphatic imine (C=N–C) groups is 4. The number of aryl methyl sites for hydroxylation is 2. The minimum atomic E-state index is 0. The van der Waals surface area contributed by atoms with Crippen molar-refractivity contribution in [3.05, 3.63) is 55.6 Å². The molecule has 1 aromatic heterocycles. The predicted molar refractivity (Wildman–Crippen MR) is 165 cm³/mol. The summed E-state index contributed by atoms with van der Waals surface area (Å²) in [7, 11) is 5.78. The fourth-order valence-corrected chi connectivity index (χ4v) is 5.43. The van der Waals surface area contributed by atoms with E-state index >= 15 is 0 Å². The van der Waals surface area contributed by atoms with Crippen LogP contribution in [0, 0.1) is 55.4 Å². The Morgan fingerprint density at radius 3 is 1.32 bits per heavy atom. The van der Waals surface area contributed by atoms with E-state index in [0.717, 1.165) is 34.1 Å². The first-order valence-corrected chi connectivity index (χ1v) is 12.1. The molecule has 2 heterocycles. The standard InChI is InChI=1S/C15H20N3.C15H19N3.CH4/c2*1-8-9(2)11(4)13-12(10(8)3)14(16-5)18(7)15(13)17-6;/h5H2,1-4,6-7H3;5-6H2,1-4,7H3;1H4/q+1;;. The number of amidine groups is 2. The van der Waals surface area contributed by atoms with Gasteiger partial charge >= 0.3 is 0 Å². The molecule has 1 aliphatic rings. The molecule has 0 amide bonds. The molecule has 0 fully saturated rings. The molecule has 0 saturated carbocycles. The van der Waals surface area contributed by atoms with E-state index < -0.39 is 0 Å². The zero-order valence-corrected chi connectivity index (χ0v) is 23.8. The number of nitrogens with zero attached hydrogens (tertiary/aromatic N) is 6. The van der Waals surface area contributed by atoms with Gasteiger partial charge in [0, 0.05) is 17.8 Å². The molecule has 6 nitrogen and oxygen atoms in total. The van der Waals surface area contributed by atoms with Gasteiger partial charge in [-0.15, -0.1) is 9.98 Å². The van der Waals surface area contributed by atoms with E-state index in [9.17, 15) is 0 Å². The van der Waals surface area contributed by atoms with Crippen molar-refractivity contribution in [1.82, 2.24) is 4.57 Å². The fourth-order valence-electron chi connectivity index (χ4n) is 5.43. The monoisotopic (exact) mass is 499 g/mol. The Morgan fingerprint density at radius 2 is 0.973 bits per heavy atom. The molecule has 2 aromatic carbocycles. The minimum Gasteiger partial charge on any atom is -0.313 e. The van der Waals surface area contributed by atoms with Gasteiger partial charge in [0.05, 0.1) is 31.9 Å². The molecule has 0 bridgehead atoms. The summed E-state index contributed by atoms with van der Waals surface area (Å²) in [6.07, 6.45) is 0. The third kappa shape index (κ3) is 4.18. The van der Waals surface area contributed by atoms with Crippen molar-refractivity contribution < 1.29 is 4.58 Å². The molecule has 0 spiro atoms. The minimum absolute atomic E-state index is 0. The lowest BCUT2D eigenvalue weighted by Gasteiger charge is -2.13. The van der Waals surface area contributed by atoms with Crippen LogP contribution in [0.1, 0.15) is 63.1 Å². The molecular formula is C31H43N6+. The largest absolute Gasteiger partial charge is 0.313 e. The molecule has 0 N–H and O–H groups in total. The van der Waals surface area contributed by atoms with Gasteiger partial charge < -0.3 is 4.57 Å². The second-order valence-corrected chi connectivity index (χ2v) is 9.61. The number of fused-ring (bicyclic) bond motifs is 2. The summed E-state index contributed by atoms with van der Waals surface area (Å²) in [4.78, 5) is 16.9. The average molecular weight is 500 g/mol. The van der Waals surface area contributed by atoms with Crippen LogP contribution in [0.2, 0.25) is 0 Å². The van der Waals surface area contributed by atoms with Crippen molar-refractivity contribution in [2.45, 2.75) is 62.8 Å². The summed E-state index contributed by atoms with van der Waals surface area (Å²) in [6, 6.07) is 0. The first kappa shape index (κ1) is 29.6. The lowest BCUT2D eigenvalue weighted by Crippen LogP contribution is -2.16. The Bertz CT molecular complexity index is 1470. The van der Waals surface area contributed by atoms with Gasteiger partial charge in [-0.3, -0.25) is 0 Å². The van der Waals surface area contributed by atoms with Gasteiger partial charge in [-0.2, -0.15) is 0 Å². The van der Waals surface area contributed by atoms with Crippen LogP contribution in [0.5, 0.6) is 0 Å². The number of rotatable bonds is 2. The highest BCUT2D eigenvalue weighted by molar-refractivity contribution is 6.17. The van der Waals surface area contributed by atoms with Gasteiger partial charge in [0.1, 0.15) is 11.6 Å². The topological polar surface area (TPSA) is 57.4 Å². The van der Waals surface area contributed by atoms with E-state index in [2.05, 4.69) is 95.5 Å². The molecule has 4 rings (SSSR count). The highest BCUT2D eigenvalue weighted by atomic mass is 15.1. The van der Waals surface area contributed by atoms with E-state index in [4.69, 9.17) is 0 Å². The Kier molecular flexibility index (Phi) is 8.59. The van der Waals surface area contributed by atoms with Gasteiger partial charge in [0.25, 0.3) is 11.7 Å². The van der Waals surface area contributed by atoms with Crippen LogP contribution < -0.4 is 0 Å². The van der Waals surface area contributed by atoms with Gasteiger partial charge in [0.15, 0.2) is 0 Å². The second kappa shape index (κ2) is 10.8. The molecule has 6 heteroatoms. The third-order valence-electron chi connectivity index (χ3n) is 8.20. The van der Waals surface area contributed by atoms with Crippen LogP contribution >= 0.6 is 0 Å². The van der Waals surface area contributed by atoms with Crippen molar-refractivity contribution in [3.8, 4) is 0 Å². The first-order chi connectivity index (χ1) is 16.9. The number of hydrogen-bond donors (Lipinski definition) is 0. The van der Waals surface area contributed by atoms with E-state index in [1.807, 2.05) is 30.3 Å². The van der Waals surface area contributed by atoms with Gasteiger partial charge in [-0.25, -0.2) is 14.6 Å². The maximum absolute atomic E-state index is 4.41. The fraction of sp³-hybridized carbons (Fsp3) is 0.387. The normalized spacial score (nSPS) is 13.3. The Labute approximate surface area is 222 Å². The van der Waals surface area contributed by atoms with Crippen molar-refractivity contribution in [3.63, 3.8) is 0 Å². The maximum Gasteiger partial charge on any atom is 0.270 e. The Morgan fingerprint density at radius 1 is 0.595 bits per heavy atom. The van der Waals surface area contributed by atoms with Crippen LogP contribution in [0.4, 0.5) is 11.6 Å². The molecule has 0 radical (unpaired) electrons. The van der Waals surface area contributed by atoms with E-state index in [1.54, 1.807) is 0 Å². The summed E-state index contributed by atoms with van der Waals surface area (Å²) in [5.74, 6) is 3.64. The van der Waals surface area contributed by atoms with Crippen LogP contribution in [0.15, 0.2) is 20.0 Å². The van der Waals surface area contributed by atoms with Crippen molar-refractivity contribution >= 4 is 54.2 Å². The van der Waals surface area contributed by atoms with Crippen molar-refractivity contribution in [2.75, 3.05) is 14.1 Å². The zero-order valence-electron chi connectivity index (χ0n) is 23.8. The molecular weight excluding hydrogens is 456 g/mol. The lowest BCUT2D eigenvalue weighted by molar-refractivity contribution is -0.367. The van der Waals surface area contributed by atoms with Gasteiger partial charge in [-0.05, 0) is 113 Å². The highest BCUT2D eigenvalue weighted by Crippen LogP contribution is 2.43. The van der Waals surface area contributed by atoms with Crippen LogP contribution in [0.3, 0.4) is 0 Å². The number of aromatic nitrogens is 1. The van der Waals surface area contributed by atoms with Crippen molar-refractivity contribution in [2.24, 2.45) is 27.0 Å². The average Bonchev–Trinajstić information content (AvgIpc) is 3.33. The Balaban J connectivity index is 0.000000253. The maximum atomic E-state index is 4.41. The van der Waals surface area contributed by atoms with Crippen molar-refractivity contribution in [1.29, 1.82) is 0 Å². The highest BCUT2D eigenvalue weighted by Gasteiger charge is 2.35. The lowest BCUT2D eigenvalue weighted by atomic mass is 9.89. The quantitative estimate of drug-likeness (QED) is 0.266. The van der Waals surface area contributed by atoms with E-state index in [0.29, 0.717) is 0 Å². The summed E-state index contributed by atoms with van der Waals surface area (Å²) in [6.45, 7) is 28.3. The molecule has 3 aromatic rings. The van der Waals surface area contributed by atoms with Crippen LogP contribution in [0.25, 0.3) is 10.8 Å². The Hall–Kier alpha value is -3.67. The van der Waals surface area contributed by atoms with E-state index in [1.165, 1.54) is 55.6 Å². The molecule has 0 aliphatic carbocycles. The molecule has 196 valence electrons. The third-order valence-corrected chi connectivity index (χ3v) is 8.20. The van der Waals surface area contributed by atoms with Gasteiger partial charge in [0.2, 0.25) is 0 Å². The SMILES string of the molecule is C.C=NC1=[N+](C)C(=NC)c2c(C)c(C)c(C)c(C)c21.C=Nc1c2c(C)c(C)c(C)c(C)c2c(N=C)n1C. The zero-order chi connectivity index (χ0) is 27.2. The smallest absolute Gasteiger partial charge is 0.270 e. The van der Waals surface area contributed by atoms with Crippen LogP contribution in [-0.4, -0.2) is 55.1 Å². The summed E-state index contributed by atoms with van der Waals surface area (Å²) in [5.41, 5.74) is 12.8. The second-order valence-electron chi connectivity index (χ2n) is 9.61. The number of benzene rings is 2. The molecule has 0 atom stereocenters. The predicted octanol–water partition coefficient (Wildman–Crippen LogP) is 7.11. The summed E-state index contributed by atoms with van der Waals surface area (Å²) >= 11 is 0. The van der Waals surface area contributed by atoms with Gasteiger partial charge in [-0.1, -0.05) is 7.43 Å². The molecule has 0 saturated heterocycles. The molecule has 37 heavy (non-hydrogen) atoms. The molecule has 0 unspecified atom stereocenters. The number of hydrogen-bond acceptors (Lipinski definition) is 4. The molecule has 1 aliphatic heterocycles. The summed E-state index contributed by atoms with van der Waals surface area (Å²) < 4.78 is 3.99. The summed E-state index contributed by atoms with van der Waals surface area (Å²) in [5, 5.41) is 2.30. The van der Waals surface area contributed by atoms with Crippen LogP contribution in [-0.2, 0) is 7.05 Å². The first-order valence-electron chi connectivity index (χ1n) is 12.1. The van der Waals surface area contributed by atoms with E-state index in [-0.39, 0.29) is 7.43 Å².